The molecule has 0 aliphatic carbocycles. The zero-order valence-corrected chi connectivity index (χ0v) is 37.0. The van der Waals surface area contributed by atoms with Crippen LogP contribution in [0, 0.1) is 0 Å². The number of aliphatic hydroxyl groups excluding tert-OH is 4. The quantitative estimate of drug-likeness (QED) is 0.0502. The third-order valence-electron chi connectivity index (χ3n) is 6.28. The predicted octanol–water partition coefficient (Wildman–Crippen LogP) is -3.18. The number of quaternary nitrogens is 2. The molecule has 0 aromatic heterocycles. The lowest BCUT2D eigenvalue weighted by molar-refractivity contribution is -0.483. The summed E-state index contributed by atoms with van der Waals surface area (Å²) in [5, 5.41) is 57.4. The van der Waals surface area contributed by atoms with Crippen LogP contribution >= 0.6 is 0 Å². The fraction of sp³-hybridized carbons (Fsp3) is 0.867. The SMILES string of the molecule is CC([NH3+])(CO)CO.CC([NH3+])(CO)CO.C[Si](C)(C)O[Si](C)(C)O[Si](C)(CCCN(CCNC(=O)CCC(=O)[O-])C(=O)CCC(=O)[O-])O[Si](C)(C)C. The fourth-order valence-corrected chi connectivity index (χ4v) is 22.0. The number of aliphatic carboxylic acids is 2. The number of hydrogen-bond donors (Lipinski definition) is 7. The van der Waals surface area contributed by atoms with Gasteiger partial charge in [-0.15, -0.1) is 0 Å². The minimum atomic E-state index is -2.68. The van der Waals surface area contributed by atoms with E-state index in [1.54, 1.807) is 13.8 Å². The number of rotatable bonds is 23. The molecule has 51 heavy (non-hydrogen) atoms. The number of carbonyl (C=O) groups is 4. The van der Waals surface area contributed by atoms with E-state index < -0.39 is 69.1 Å². The largest absolute Gasteiger partial charge is 0.550 e. The number of carboxylic acids is 2. The van der Waals surface area contributed by atoms with E-state index in [0.717, 1.165) is 0 Å². The number of carboxylic acid groups (broad SMARTS) is 2. The summed E-state index contributed by atoms with van der Waals surface area (Å²) in [7, 11) is -8.94. The minimum absolute atomic E-state index is 0.0660. The van der Waals surface area contributed by atoms with Crippen molar-refractivity contribution in [1.82, 2.24) is 10.2 Å². The topological polar surface area (TPSA) is 294 Å². The molecule has 0 fully saturated rings. The molecule has 0 aliphatic heterocycles. The van der Waals surface area contributed by atoms with Crippen LogP contribution in [0.1, 0.15) is 46.0 Å². The zero-order chi connectivity index (χ0) is 40.9. The van der Waals surface area contributed by atoms with Gasteiger partial charge in [0.05, 0.1) is 26.4 Å². The van der Waals surface area contributed by atoms with E-state index in [-0.39, 0.29) is 64.7 Å². The Hall–Kier alpha value is -1.61. The van der Waals surface area contributed by atoms with Gasteiger partial charge in [-0.25, -0.2) is 0 Å². The molecule has 304 valence electrons. The van der Waals surface area contributed by atoms with Gasteiger partial charge in [-0.3, -0.25) is 9.59 Å². The normalized spacial score (nSPS) is 13.5. The Morgan fingerprint density at radius 2 is 1.08 bits per heavy atom. The highest BCUT2D eigenvalue weighted by Gasteiger charge is 2.44. The minimum Gasteiger partial charge on any atom is -0.550 e. The van der Waals surface area contributed by atoms with Gasteiger partial charge in [0.1, 0.15) is 11.1 Å². The molecule has 21 heteroatoms. The summed E-state index contributed by atoms with van der Waals surface area (Å²) in [6.07, 6.45) is -0.631. The molecule has 1 atom stereocenters. The van der Waals surface area contributed by atoms with Gasteiger partial charge in [0.25, 0.3) is 0 Å². The van der Waals surface area contributed by atoms with Gasteiger partial charge in [0.2, 0.25) is 11.8 Å². The Bertz CT molecular complexity index is 1010. The van der Waals surface area contributed by atoms with Crippen LogP contribution < -0.4 is 27.0 Å². The van der Waals surface area contributed by atoms with Crippen molar-refractivity contribution in [3.8, 4) is 0 Å². The van der Waals surface area contributed by atoms with Crippen LogP contribution in [0.3, 0.4) is 0 Å². The van der Waals surface area contributed by atoms with Crippen LogP contribution in [-0.4, -0.2) is 140 Å². The molecule has 2 amide bonds. The van der Waals surface area contributed by atoms with Crippen LogP contribution in [0.5, 0.6) is 0 Å². The molecule has 1 unspecified atom stereocenters. The molecule has 0 bridgehead atoms. The lowest BCUT2D eigenvalue weighted by atomic mass is 10.1. The summed E-state index contributed by atoms with van der Waals surface area (Å²) in [5.41, 5.74) is 5.90. The standard InChI is InChI=1S/C22H48N2O9Si4.2C4H11NO2/c1-34(2,3)31-36(7,8)33-37(9,32-35(4,5)6)18-10-16-24(20(26)12-14-22(29)30)17-15-23-19(25)11-13-21(27)28;2*1-4(5,2-6)3-7/h10-18H2,1-9H3,(H,23,25)(H,27,28)(H,29,30);2*6-7H,2-3,5H2,1H3. The first kappa shape index (κ1) is 53.7. The van der Waals surface area contributed by atoms with E-state index in [4.69, 9.17) is 32.8 Å². The van der Waals surface area contributed by atoms with Crippen molar-refractivity contribution in [1.29, 1.82) is 0 Å². The summed E-state index contributed by atoms with van der Waals surface area (Å²) < 4.78 is 19.6. The highest BCUT2D eigenvalue weighted by molar-refractivity contribution is 6.89. The number of nitrogens with zero attached hydrogens (tertiary/aromatic N) is 1. The summed E-state index contributed by atoms with van der Waals surface area (Å²) in [6, 6.07) is 0.616. The van der Waals surface area contributed by atoms with E-state index in [2.05, 4.69) is 56.1 Å². The average molecular weight is 807 g/mol. The van der Waals surface area contributed by atoms with Gasteiger partial charge in [-0.05, 0) is 98.1 Å². The van der Waals surface area contributed by atoms with Crippen LogP contribution in [0.4, 0.5) is 0 Å². The lowest BCUT2D eigenvalue weighted by Gasteiger charge is -2.41. The molecule has 0 aromatic carbocycles. The summed E-state index contributed by atoms with van der Waals surface area (Å²) in [6.45, 7) is 22.5. The third kappa shape index (κ3) is 33.9. The molecule has 0 saturated carbocycles. The van der Waals surface area contributed by atoms with Gasteiger partial charge >= 0.3 is 17.1 Å². The van der Waals surface area contributed by atoms with Gasteiger partial charge < -0.3 is 74.3 Å². The number of nitrogens with one attached hydrogen (secondary N) is 1. The molecule has 11 N–H and O–H groups in total. The molecule has 0 saturated heterocycles. The average Bonchev–Trinajstić information content (AvgIpc) is 2.96. The predicted molar refractivity (Wildman–Crippen MR) is 197 cm³/mol. The second-order valence-electron chi connectivity index (χ2n) is 15.9. The second kappa shape index (κ2) is 24.7. The molecular formula is C30H70N4O13Si4. The Labute approximate surface area is 308 Å². The van der Waals surface area contributed by atoms with E-state index in [1.165, 1.54) is 4.90 Å². The Morgan fingerprint density at radius 3 is 1.43 bits per heavy atom. The third-order valence-corrected chi connectivity index (χ3v) is 19.8. The van der Waals surface area contributed by atoms with E-state index in [1.807, 2.05) is 19.6 Å². The Kier molecular flexibility index (Phi) is 26.0. The van der Waals surface area contributed by atoms with Gasteiger partial charge in [0.15, 0.2) is 16.6 Å². The number of aliphatic hydroxyl groups is 4. The smallest absolute Gasteiger partial charge is 0.315 e. The van der Waals surface area contributed by atoms with Crippen LogP contribution in [-0.2, 0) is 31.5 Å². The first-order valence-corrected chi connectivity index (χ1v) is 29.2. The summed E-state index contributed by atoms with van der Waals surface area (Å²) in [4.78, 5) is 47.4. The first-order chi connectivity index (χ1) is 22.9. The molecule has 0 rings (SSSR count). The molecule has 17 nitrogen and oxygen atoms in total. The number of carbonyl (C=O) groups excluding carboxylic acids is 4. The van der Waals surface area contributed by atoms with Crippen molar-refractivity contribution in [2.24, 2.45) is 0 Å². The first-order valence-electron chi connectivity index (χ1n) is 17.1. The van der Waals surface area contributed by atoms with Crippen molar-refractivity contribution >= 4 is 57.5 Å². The maximum absolute atomic E-state index is 12.7. The maximum Gasteiger partial charge on any atom is 0.315 e. The molecule has 0 radical (unpaired) electrons. The molecule has 0 aromatic rings. The molecular weight excluding hydrogens is 737 g/mol. The summed E-state index contributed by atoms with van der Waals surface area (Å²) in [5.74, 6) is -3.45. The summed E-state index contributed by atoms with van der Waals surface area (Å²) >= 11 is 0. The van der Waals surface area contributed by atoms with Gasteiger partial charge in [0, 0.05) is 44.4 Å². The Morgan fingerprint density at radius 1 is 0.667 bits per heavy atom. The van der Waals surface area contributed by atoms with Gasteiger partial charge in [-0.1, -0.05) is 0 Å². The highest BCUT2D eigenvalue weighted by Crippen LogP contribution is 2.28. The lowest BCUT2D eigenvalue weighted by Crippen LogP contribution is -2.74. The van der Waals surface area contributed by atoms with Crippen LogP contribution in [0.2, 0.25) is 65.0 Å². The number of hydrogen-bond acceptors (Lipinski definition) is 13. The van der Waals surface area contributed by atoms with E-state index in [9.17, 15) is 29.4 Å². The van der Waals surface area contributed by atoms with Gasteiger partial charge in [-0.2, -0.15) is 0 Å². The van der Waals surface area contributed by atoms with E-state index in [0.29, 0.717) is 19.0 Å². The monoisotopic (exact) mass is 806 g/mol. The molecule has 0 spiro atoms. The highest BCUT2D eigenvalue weighted by atomic mass is 28.5. The second-order valence-corrected chi connectivity index (χ2v) is 32.4. The van der Waals surface area contributed by atoms with Crippen LogP contribution in [0.15, 0.2) is 0 Å². The molecule has 0 aliphatic rings. The molecule has 0 heterocycles. The van der Waals surface area contributed by atoms with Crippen LogP contribution in [0.25, 0.3) is 0 Å². The van der Waals surface area contributed by atoms with Crippen molar-refractivity contribution in [2.45, 2.75) is 122 Å². The Balaban J connectivity index is -0.00000137. The zero-order valence-electron chi connectivity index (χ0n) is 33.0. The van der Waals surface area contributed by atoms with Crippen molar-refractivity contribution in [2.75, 3.05) is 46.1 Å². The van der Waals surface area contributed by atoms with E-state index >= 15 is 0 Å². The van der Waals surface area contributed by atoms with Crippen molar-refractivity contribution in [3.63, 3.8) is 0 Å². The fourth-order valence-electron chi connectivity index (χ4n) is 4.10. The van der Waals surface area contributed by atoms with Crippen molar-refractivity contribution in [3.05, 3.63) is 0 Å². The number of amides is 2. The van der Waals surface area contributed by atoms with Crippen molar-refractivity contribution < 1.29 is 73.6 Å². The maximum atomic E-state index is 12.7.